The minimum absolute atomic E-state index is 0. The summed E-state index contributed by atoms with van der Waals surface area (Å²) in [7, 11) is 0. The van der Waals surface area contributed by atoms with Crippen LogP contribution in [0.15, 0.2) is 77.9 Å². The first-order chi connectivity index (χ1) is 12.6. The maximum atomic E-state index is 11.0. The molecule has 7 nitrogen and oxygen atoms in total. The Kier molecular flexibility index (Phi) is 6.97. The van der Waals surface area contributed by atoms with E-state index in [1.165, 1.54) is 17.1 Å². The van der Waals surface area contributed by atoms with Gasteiger partial charge >= 0.3 is 17.1 Å². The third-order valence-corrected chi connectivity index (χ3v) is 3.99. The van der Waals surface area contributed by atoms with E-state index in [1.54, 1.807) is 6.07 Å². The van der Waals surface area contributed by atoms with Crippen molar-refractivity contribution in [1.82, 2.24) is 10.4 Å². The molecule has 0 atom stereocenters. The third kappa shape index (κ3) is 4.66. The van der Waals surface area contributed by atoms with Crippen molar-refractivity contribution in [3.63, 3.8) is 0 Å². The number of hydrogen-bond acceptors (Lipinski definition) is 7. The van der Waals surface area contributed by atoms with Crippen molar-refractivity contribution in [2.24, 2.45) is 10.9 Å². The molecule has 4 rings (SSSR count). The molecule has 9 heteroatoms. The van der Waals surface area contributed by atoms with Gasteiger partial charge < -0.3 is 12.6 Å². The van der Waals surface area contributed by atoms with E-state index < -0.39 is 4.92 Å². The van der Waals surface area contributed by atoms with Gasteiger partial charge in [0.1, 0.15) is 5.82 Å². The number of non-ortho nitro benzene ring substituents is 1. The van der Waals surface area contributed by atoms with Crippen LogP contribution < -0.4 is 21.7 Å². The molecule has 1 heterocycles. The predicted molar refractivity (Wildman–Crippen MR) is 103 cm³/mol. The zero-order valence-electron chi connectivity index (χ0n) is 13.9. The normalized spacial score (nSPS) is 16.3. The van der Waals surface area contributed by atoms with Crippen LogP contribution in [-0.4, -0.2) is 15.1 Å². The van der Waals surface area contributed by atoms with Gasteiger partial charge in [0.15, 0.2) is 0 Å². The van der Waals surface area contributed by atoms with Crippen LogP contribution in [0.3, 0.4) is 0 Å². The summed E-state index contributed by atoms with van der Waals surface area (Å²) in [6, 6.07) is 14.6. The van der Waals surface area contributed by atoms with Crippen molar-refractivity contribution < 1.29 is 22.0 Å². The number of hydrogen-bond donors (Lipinski definition) is 2. The quantitative estimate of drug-likeness (QED) is 0.178. The van der Waals surface area contributed by atoms with Crippen molar-refractivity contribution in [3.8, 4) is 0 Å². The molecule has 0 radical (unpaired) electrons. The van der Waals surface area contributed by atoms with Crippen LogP contribution >= 0.6 is 0 Å². The van der Waals surface area contributed by atoms with Crippen molar-refractivity contribution in [2.45, 2.75) is 0 Å². The van der Waals surface area contributed by atoms with Gasteiger partial charge in [0, 0.05) is 22.5 Å². The Morgan fingerprint density at radius 1 is 1.19 bits per heavy atom. The average Bonchev–Trinajstić information content (AvgIpc) is 3.40. The second kappa shape index (κ2) is 9.20. The van der Waals surface area contributed by atoms with Gasteiger partial charge in [-0.1, -0.05) is 24.3 Å². The summed E-state index contributed by atoms with van der Waals surface area (Å²) in [6.07, 6.45) is 7.46. The summed E-state index contributed by atoms with van der Waals surface area (Å²) < 4.78 is 0. The zero-order chi connectivity index (χ0) is 18.5. The first-order valence-corrected chi connectivity index (χ1v) is 8.09. The van der Waals surface area contributed by atoms with Crippen molar-refractivity contribution >= 4 is 34.9 Å². The van der Waals surface area contributed by atoms with Gasteiger partial charge in [0.05, 0.1) is 4.92 Å². The van der Waals surface area contributed by atoms with Crippen LogP contribution in [0.25, 0.3) is 11.4 Å². The third-order valence-electron chi connectivity index (χ3n) is 3.70. The van der Waals surface area contributed by atoms with Gasteiger partial charge in [-0.25, -0.2) is 18.0 Å². The molecule has 1 aliphatic heterocycles. The van der Waals surface area contributed by atoms with E-state index >= 15 is 0 Å². The van der Waals surface area contributed by atoms with Gasteiger partial charge in [-0.15, -0.1) is 0 Å². The first-order valence-electron chi connectivity index (χ1n) is 7.68. The number of rotatable bonds is 1. The molecule has 0 saturated carbocycles. The van der Waals surface area contributed by atoms with Crippen LogP contribution in [0.5, 0.6) is 0 Å². The second-order valence-corrected chi connectivity index (χ2v) is 5.71. The summed E-state index contributed by atoms with van der Waals surface area (Å²) in [5.41, 5.74) is 3.62. The molecule has 3 N–H and O–H groups in total. The molecule has 0 unspecified atom stereocenters. The number of hydrazone groups is 1. The molecular formula is C18H15FeN5O2S. The van der Waals surface area contributed by atoms with Crippen molar-refractivity contribution in [2.75, 3.05) is 0 Å². The zero-order valence-corrected chi connectivity index (χ0v) is 15.8. The molecule has 27 heavy (non-hydrogen) atoms. The second-order valence-electron chi connectivity index (χ2n) is 5.35. The molecule has 2 aliphatic rings. The van der Waals surface area contributed by atoms with Crippen LogP contribution in [0.4, 0.5) is 5.69 Å². The number of nitro benzene ring substituents is 1. The smallest absolute Gasteiger partial charge is 0.739 e. The number of hydrazine groups is 1. The van der Waals surface area contributed by atoms with Gasteiger partial charge in [0.25, 0.3) is 5.69 Å². The van der Waals surface area contributed by atoms with Crippen LogP contribution in [0.2, 0.25) is 0 Å². The molecular weight excluding hydrogens is 406 g/mol. The standard InChI is InChI=1S/C13H11N5O2S.C5H5.Fe/c14-17-12(15-16-13(17)21)10-6-5-9(18(19)20)7-11(10)8-3-1-2-4-8;1-2-4-5-3-1;/h1-7,15H,14H2,(H,16,21);1-5H;/q;-1;+2/p-1. The number of benzene rings is 1. The number of nitro groups is 1. The summed E-state index contributed by atoms with van der Waals surface area (Å²) >= 11 is 4.97. The molecule has 0 bridgehead atoms. The van der Waals surface area contributed by atoms with E-state index in [2.05, 4.69) is 10.5 Å². The molecule has 0 aromatic heterocycles. The number of nitrogens with two attached hydrogens (primary N) is 1. The molecule has 138 valence electrons. The molecule has 0 spiro atoms. The molecule has 0 saturated heterocycles. The molecule has 0 fully saturated rings. The Hall–Kier alpha value is -2.84. The van der Waals surface area contributed by atoms with E-state index in [4.69, 9.17) is 18.5 Å². The summed E-state index contributed by atoms with van der Waals surface area (Å²) in [5.74, 6) is 6.33. The van der Waals surface area contributed by atoms with Gasteiger partial charge in [0.2, 0.25) is 0 Å². The van der Waals surface area contributed by atoms with Crippen LogP contribution in [0, 0.1) is 10.1 Å². The maximum absolute atomic E-state index is 11.0. The van der Waals surface area contributed by atoms with E-state index in [-0.39, 0.29) is 27.9 Å². The van der Waals surface area contributed by atoms with Gasteiger partial charge in [-0.05, 0) is 16.9 Å². The summed E-state index contributed by atoms with van der Waals surface area (Å²) in [5, 5.41) is 17.7. The molecule has 1 aliphatic carbocycles. The number of amidine groups is 1. The van der Waals surface area contributed by atoms with E-state index in [0.29, 0.717) is 16.3 Å². The monoisotopic (exact) mass is 421 g/mol. The Bertz CT molecular complexity index is 997. The first kappa shape index (κ1) is 20.5. The number of nitrogens with zero attached hydrogens (tertiary/aromatic N) is 3. The Labute approximate surface area is 171 Å². The molecule has 0 amide bonds. The van der Waals surface area contributed by atoms with E-state index in [0.717, 1.165) is 5.57 Å². The predicted octanol–water partition coefficient (Wildman–Crippen LogP) is 0.937. The Morgan fingerprint density at radius 2 is 1.85 bits per heavy atom. The number of nitrogens with one attached hydrogen (secondary N) is 1. The van der Waals surface area contributed by atoms with E-state index in [1.807, 2.05) is 54.6 Å². The summed E-state index contributed by atoms with van der Waals surface area (Å²) in [4.78, 5) is 10.5. The van der Waals surface area contributed by atoms with E-state index in [9.17, 15) is 10.1 Å². The van der Waals surface area contributed by atoms with Crippen molar-refractivity contribution in [1.29, 1.82) is 0 Å². The van der Waals surface area contributed by atoms with Gasteiger partial charge in [-0.2, -0.15) is 23.3 Å². The minimum atomic E-state index is -0.432. The SMILES string of the molecule is NN1C([S-])=NNC1=c1ccc([N+](=O)[O-])cc1=C1C=CC=C1.[Fe+2].c1cc[cH-]c1. The molecule has 2 aromatic rings. The van der Waals surface area contributed by atoms with Crippen LogP contribution in [0.1, 0.15) is 0 Å². The largest absolute Gasteiger partial charge is 2.00 e. The Morgan fingerprint density at radius 3 is 2.33 bits per heavy atom. The van der Waals surface area contributed by atoms with Gasteiger partial charge in [-0.3, -0.25) is 20.5 Å². The summed E-state index contributed by atoms with van der Waals surface area (Å²) in [6.45, 7) is 0. The van der Waals surface area contributed by atoms with Crippen molar-refractivity contribution in [3.05, 3.63) is 93.4 Å². The Balaban J connectivity index is 0.000000379. The fourth-order valence-electron chi connectivity index (χ4n) is 2.46. The fourth-order valence-corrected chi connectivity index (χ4v) is 2.60. The topological polar surface area (TPSA) is 96.8 Å². The van der Waals surface area contributed by atoms with Crippen LogP contribution in [-0.2, 0) is 29.7 Å². The average molecular weight is 421 g/mol. The fraction of sp³-hybridized carbons (Fsp3) is 0. The molecule has 2 aromatic carbocycles. The maximum Gasteiger partial charge on any atom is 2.00 e. The minimum Gasteiger partial charge on any atom is -0.739 e. The number of allylic oxidation sites excluding steroid dienone is 4.